The molecule has 0 spiro atoms. The van der Waals surface area contributed by atoms with E-state index in [4.69, 9.17) is 0 Å². The number of amides is 4. The molecule has 2 unspecified atom stereocenters. The van der Waals surface area contributed by atoms with Gasteiger partial charge in [-0.1, -0.05) is 84.9 Å². The lowest BCUT2D eigenvalue weighted by molar-refractivity contribution is -0.142. The zero-order valence-corrected chi connectivity index (χ0v) is 27.2. The van der Waals surface area contributed by atoms with Crippen LogP contribution in [-0.2, 0) is 22.4 Å². The molecule has 0 radical (unpaired) electrons. The van der Waals surface area contributed by atoms with Crippen molar-refractivity contribution in [3.05, 3.63) is 143 Å². The van der Waals surface area contributed by atoms with E-state index < -0.39 is 47.7 Å². The largest absolute Gasteiger partial charge is 0.480 e. The Kier molecular flexibility index (Phi) is 6.75. The first-order valence-corrected chi connectivity index (χ1v) is 16.6. The van der Waals surface area contributed by atoms with E-state index in [1.807, 2.05) is 0 Å². The van der Waals surface area contributed by atoms with Crippen LogP contribution < -0.4 is 0 Å². The lowest BCUT2D eigenvalue weighted by Crippen LogP contribution is -2.51. The summed E-state index contributed by atoms with van der Waals surface area (Å²) in [5.74, 6) is -5.43. The first-order chi connectivity index (χ1) is 25.2. The highest BCUT2D eigenvalue weighted by Crippen LogP contribution is 2.46. The summed E-state index contributed by atoms with van der Waals surface area (Å²) in [4.78, 5) is 83.1. The van der Waals surface area contributed by atoms with E-state index in [-0.39, 0.29) is 35.1 Å². The third-order valence-corrected chi connectivity index (χ3v) is 10.4. The van der Waals surface area contributed by atoms with Crippen molar-refractivity contribution in [3.63, 3.8) is 0 Å². The van der Waals surface area contributed by atoms with E-state index in [2.05, 4.69) is 0 Å². The van der Waals surface area contributed by atoms with Crippen LogP contribution in [0.4, 0.5) is 0 Å². The molecule has 2 aliphatic heterocycles. The molecule has 52 heavy (non-hydrogen) atoms. The minimum absolute atomic E-state index is 0.0589. The summed E-state index contributed by atoms with van der Waals surface area (Å²) in [6, 6.07) is 28.1. The van der Waals surface area contributed by atoms with Gasteiger partial charge in [-0.15, -0.1) is 0 Å². The number of aliphatic carboxylic acids is 2. The van der Waals surface area contributed by atoms with Crippen molar-refractivity contribution >= 4 is 78.7 Å². The molecule has 0 saturated heterocycles. The molecule has 4 amide bonds. The zero-order chi connectivity index (χ0) is 36.0. The van der Waals surface area contributed by atoms with Crippen molar-refractivity contribution in [3.8, 4) is 0 Å². The van der Waals surface area contributed by atoms with Gasteiger partial charge in [0.05, 0.1) is 0 Å². The van der Waals surface area contributed by atoms with E-state index in [9.17, 15) is 39.0 Å². The first kappa shape index (κ1) is 31.1. The molecule has 9 rings (SSSR count). The Morgan fingerprint density at radius 2 is 0.712 bits per heavy atom. The van der Waals surface area contributed by atoms with Gasteiger partial charge in [0, 0.05) is 45.9 Å². The van der Waals surface area contributed by atoms with Crippen molar-refractivity contribution < 1.29 is 39.0 Å². The fourth-order valence-electron chi connectivity index (χ4n) is 8.12. The molecular weight excluding hydrogens is 660 g/mol. The number of fused-ring (bicyclic) bond motifs is 2. The highest BCUT2D eigenvalue weighted by Gasteiger charge is 2.43. The van der Waals surface area contributed by atoms with Crippen LogP contribution >= 0.6 is 0 Å². The molecule has 0 fully saturated rings. The molecule has 10 heteroatoms. The van der Waals surface area contributed by atoms with Crippen LogP contribution in [0.1, 0.15) is 52.6 Å². The number of carboxylic acid groups (broad SMARTS) is 2. The van der Waals surface area contributed by atoms with Gasteiger partial charge in [-0.25, -0.2) is 9.59 Å². The second kappa shape index (κ2) is 11.3. The summed E-state index contributed by atoms with van der Waals surface area (Å²) in [6.45, 7) is 0. The predicted molar refractivity (Wildman–Crippen MR) is 192 cm³/mol. The molecule has 0 aliphatic carbocycles. The number of hydrogen-bond acceptors (Lipinski definition) is 6. The lowest BCUT2D eigenvalue weighted by Gasteiger charge is -2.33. The monoisotopic (exact) mass is 686 g/mol. The normalized spacial score (nSPS) is 15.3. The van der Waals surface area contributed by atoms with Crippen molar-refractivity contribution in [1.82, 2.24) is 9.80 Å². The van der Waals surface area contributed by atoms with Gasteiger partial charge < -0.3 is 10.2 Å². The number of hydrogen-bond donors (Lipinski definition) is 2. The highest BCUT2D eigenvalue weighted by atomic mass is 16.4. The predicted octanol–water partition coefficient (Wildman–Crippen LogP) is 6.32. The van der Waals surface area contributed by atoms with Gasteiger partial charge in [0.25, 0.3) is 23.6 Å². The zero-order valence-electron chi connectivity index (χ0n) is 27.2. The van der Waals surface area contributed by atoms with Crippen molar-refractivity contribution in [1.29, 1.82) is 0 Å². The Morgan fingerprint density at radius 3 is 0.981 bits per heavy atom. The molecular formula is C42H26N2O8. The molecule has 252 valence electrons. The minimum atomic E-state index is -1.43. The Bertz CT molecular complexity index is 2430. The number of carbonyl (C=O) groups excluding carboxylic acids is 4. The van der Waals surface area contributed by atoms with E-state index in [0.717, 1.165) is 9.80 Å². The number of imide groups is 2. The fraction of sp³-hybridized carbons (Fsp3) is 0.0952. The number of rotatable bonds is 8. The van der Waals surface area contributed by atoms with Crippen LogP contribution in [0.3, 0.4) is 0 Å². The van der Waals surface area contributed by atoms with Crippen LogP contribution in [0, 0.1) is 0 Å². The Hall–Kier alpha value is -6.94. The van der Waals surface area contributed by atoms with E-state index in [0.29, 0.717) is 54.2 Å². The molecule has 2 atom stereocenters. The van der Waals surface area contributed by atoms with Crippen LogP contribution in [-0.4, -0.2) is 67.7 Å². The topological polar surface area (TPSA) is 149 Å². The molecule has 2 aliphatic rings. The van der Waals surface area contributed by atoms with Crippen molar-refractivity contribution in [2.45, 2.75) is 24.9 Å². The molecule has 0 saturated carbocycles. The number of carboxylic acids is 2. The summed E-state index contributed by atoms with van der Waals surface area (Å²) in [6.07, 6.45) is -0.118. The average Bonchev–Trinajstić information content (AvgIpc) is 3.15. The summed E-state index contributed by atoms with van der Waals surface area (Å²) >= 11 is 0. The van der Waals surface area contributed by atoms with Gasteiger partial charge in [0.1, 0.15) is 12.1 Å². The third kappa shape index (κ3) is 4.30. The van der Waals surface area contributed by atoms with Gasteiger partial charge in [-0.2, -0.15) is 0 Å². The number of carbonyl (C=O) groups is 6. The second-order valence-corrected chi connectivity index (χ2v) is 13.2. The molecule has 2 N–H and O–H groups in total. The first-order valence-electron chi connectivity index (χ1n) is 16.6. The van der Waals surface area contributed by atoms with Crippen LogP contribution in [0.2, 0.25) is 0 Å². The average molecular weight is 687 g/mol. The smallest absolute Gasteiger partial charge is 0.327 e. The summed E-state index contributed by atoms with van der Waals surface area (Å²) in [5, 5.41) is 25.2. The molecule has 10 nitrogen and oxygen atoms in total. The maximum Gasteiger partial charge on any atom is 0.327 e. The maximum absolute atomic E-state index is 14.1. The Labute approximate surface area is 294 Å². The maximum atomic E-state index is 14.1. The second-order valence-electron chi connectivity index (χ2n) is 13.2. The van der Waals surface area contributed by atoms with Gasteiger partial charge >= 0.3 is 11.9 Å². The Morgan fingerprint density at radius 1 is 0.423 bits per heavy atom. The Balaban J connectivity index is 1.21. The summed E-state index contributed by atoms with van der Waals surface area (Å²) in [7, 11) is 0. The van der Waals surface area contributed by atoms with Gasteiger partial charge in [0.15, 0.2) is 0 Å². The number of nitrogens with zero attached hydrogens (tertiary/aromatic N) is 2. The molecule has 2 heterocycles. The van der Waals surface area contributed by atoms with Crippen molar-refractivity contribution in [2.75, 3.05) is 0 Å². The fourth-order valence-corrected chi connectivity index (χ4v) is 8.12. The standard InChI is InChI=1S/C42H26N2O8/c45-37-27-15-11-23-25-13-17-29-36-30(40(48)44(39(29)47)32(42(51)52)20-22-9-5-2-6-10-22)18-14-26(34(25)36)24-12-16-28(35(27)33(23)24)38(46)43(37)31(41(49)50)19-21-7-3-1-4-8-21/h1-18,31-32H,19-20H2,(H,49,50)(H,51,52). The van der Waals surface area contributed by atoms with Gasteiger partial charge in [-0.3, -0.25) is 29.0 Å². The summed E-state index contributed by atoms with van der Waals surface area (Å²) < 4.78 is 0. The molecule has 0 aromatic heterocycles. The highest BCUT2D eigenvalue weighted by molar-refractivity contribution is 6.41. The van der Waals surface area contributed by atoms with E-state index in [1.165, 1.54) is 0 Å². The SMILES string of the molecule is O=C(O)C(Cc1ccccc1)N1C(=O)c2ccc3c4ccc5c6c(ccc(c7ccc(c2c37)C1=O)c64)C(=O)N(C(Cc1ccccc1)C(=O)O)C5=O. The molecule has 7 aromatic carbocycles. The summed E-state index contributed by atoms with van der Waals surface area (Å²) in [5.41, 5.74) is 2.12. The van der Waals surface area contributed by atoms with Gasteiger partial charge in [0.2, 0.25) is 0 Å². The van der Waals surface area contributed by atoms with Crippen molar-refractivity contribution in [2.24, 2.45) is 0 Å². The molecule has 0 bridgehead atoms. The van der Waals surface area contributed by atoms with Crippen LogP contribution in [0.5, 0.6) is 0 Å². The van der Waals surface area contributed by atoms with Crippen LogP contribution in [0.25, 0.3) is 43.1 Å². The minimum Gasteiger partial charge on any atom is -0.480 e. The van der Waals surface area contributed by atoms with Crippen LogP contribution in [0.15, 0.2) is 109 Å². The lowest BCUT2D eigenvalue weighted by atomic mass is 9.81. The molecule has 7 aromatic rings. The van der Waals surface area contributed by atoms with E-state index >= 15 is 0 Å². The van der Waals surface area contributed by atoms with Gasteiger partial charge in [-0.05, 0) is 67.7 Å². The quantitative estimate of drug-likeness (QED) is 0.107. The number of benzene rings is 7. The third-order valence-electron chi connectivity index (χ3n) is 10.4. The van der Waals surface area contributed by atoms with E-state index in [1.54, 1.807) is 109 Å².